The monoisotopic (exact) mass is 330 g/mol. The van der Waals surface area contributed by atoms with Gasteiger partial charge in [-0.25, -0.2) is 13.1 Å². The van der Waals surface area contributed by atoms with Crippen LogP contribution in [0.5, 0.6) is 0 Å². The first kappa shape index (κ1) is 16.7. The first-order chi connectivity index (χ1) is 9.97. The van der Waals surface area contributed by atoms with Crippen LogP contribution in [0.2, 0.25) is 5.02 Å². The van der Waals surface area contributed by atoms with Crippen LogP contribution in [0.1, 0.15) is 26.2 Å². The summed E-state index contributed by atoms with van der Waals surface area (Å²) in [4.78, 5) is 2.64. The smallest absolute Gasteiger partial charge is 0.240 e. The van der Waals surface area contributed by atoms with Crippen molar-refractivity contribution in [2.24, 2.45) is 5.92 Å². The quantitative estimate of drug-likeness (QED) is 0.816. The Morgan fingerprint density at radius 1 is 1.43 bits per heavy atom. The molecule has 1 N–H and O–H groups in total. The summed E-state index contributed by atoms with van der Waals surface area (Å²) in [7, 11) is -3.45. The molecule has 1 atom stereocenters. The summed E-state index contributed by atoms with van der Waals surface area (Å²) in [5.41, 5.74) is 0. The third-order valence-corrected chi connectivity index (χ3v) is 5.48. The molecule has 21 heavy (non-hydrogen) atoms. The summed E-state index contributed by atoms with van der Waals surface area (Å²) in [6, 6.07) is 6.33. The van der Waals surface area contributed by atoms with Crippen LogP contribution in [-0.4, -0.2) is 39.5 Å². The third kappa shape index (κ3) is 5.25. The largest absolute Gasteiger partial charge is 0.303 e. The Bertz CT molecular complexity index is 563. The van der Waals surface area contributed by atoms with Crippen molar-refractivity contribution < 1.29 is 8.42 Å². The summed E-state index contributed by atoms with van der Waals surface area (Å²) >= 11 is 5.83. The zero-order chi connectivity index (χ0) is 15.3. The number of halogens is 1. The van der Waals surface area contributed by atoms with Crippen LogP contribution in [-0.2, 0) is 10.0 Å². The van der Waals surface area contributed by atoms with Crippen molar-refractivity contribution >= 4 is 21.6 Å². The number of likely N-dealkylation sites (tertiary alicyclic amines) is 1. The van der Waals surface area contributed by atoms with Gasteiger partial charge in [-0.1, -0.05) is 24.6 Å². The van der Waals surface area contributed by atoms with Gasteiger partial charge in [0.1, 0.15) is 0 Å². The van der Waals surface area contributed by atoms with Crippen molar-refractivity contribution in [2.75, 3.05) is 26.2 Å². The van der Waals surface area contributed by atoms with Gasteiger partial charge in [0.25, 0.3) is 0 Å². The fourth-order valence-electron chi connectivity index (χ4n) is 2.72. The molecule has 1 aromatic carbocycles. The molecule has 0 saturated carbocycles. The molecule has 1 aromatic rings. The topological polar surface area (TPSA) is 49.4 Å². The standard InChI is InChI=1S/C15H23ClN2O2S/c1-13-5-3-9-18(12-13)10-4-8-17-21(19,20)15-7-2-6-14(16)11-15/h2,6-7,11,13,17H,3-5,8-10,12H2,1H3/t13-/m0/s1. The average molecular weight is 331 g/mol. The summed E-state index contributed by atoms with van der Waals surface area (Å²) in [5.74, 6) is 0.752. The predicted octanol–water partition coefficient (Wildman–Crippen LogP) is 2.74. The van der Waals surface area contributed by atoms with Gasteiger partial charge in [0, 0.05) is 18.1 Å². The number of rotatable bonds is 6. The normalized spacial score (nSPS) is 20.6. The average Bonchev–Trinajstić information content (AvgIpc) is 2.44. The maximum absolute atomic E-state index is 12.1. The molecule has 6 heteroatoms. The number of nitrogens with zero attached hydrogens (tertiary/aromatic N) is 1. The SMILES string of the molecule is C[C@H]1CCCN(CCCNS(=O)(=O)c2cccc(Cl)c2)C1. The minimum absolute atomic E-state index is 0.224. The lowest BCUT2D eigenvalue weighted by Gasteiger charge is -2.30. The van der Waals surface area contributed by atoms with Crippen LogP contribution in [0, 0.1) is 5.92 Å². The van der Waals surface area contributed by atoms with Gasteiger partial charge in [-0.05, 0) is 56.5 Å². The maximum atomic E-state index is 12.1. The molecule has 1 aliphatic heterocycles. The molecular formula is C15H23ClN2O2S. The highest BCUT2D eigenvalue weighted by Crippen LogP contribution is 2.16. The molecule has 0 spiro atoms. The van der Waals surface area contributed by atoms with Crippen molar-refractivity contribution in [3.8, 4) is 0 Å². The Labute approximate surface area is 132 Å². The van der Waals surface area contributed by atoms with Gasteiger partial charge in [-0.15, -0.1) is 0 Å². The number of piperidine rings is 1. The van der Waals surface area contributed by atoms with Gasteiger partial charge in [-0.3, -0.25) is 0 Å². The van der Waals surface area contributed by atoms with Gasteiger partial charge in [-0.2, -0.15) is 0 Å². The van der Waals surface area contributed by atoms with Gasteiger partial charge in [0.05, 0.1) is 4.90 Å². The van der Waals surface area contributed by atoms with E-state index in [1.807, 2.05) is 0 Å². The van der Waals surface area contributed by atoms with Crippen molar-refractivity contribution in [3.05, 3.63) is 29.3 Å². The van der Waals surface area contributed by atoms with Crippen molar-refractivity contribution in [3.63, 3.8) is 0 Å². The van der Waals surface area contributed by atoms with Gasteiger partial charge in [0.15, 0.2) is 0 Å². The fraction of sp³-hybridized carbons (Fsp3) is 0.600. The Morgan fingerprint density at radius 2 is 2.24 bits per heavy atom. The molecule has 118 valence electrons. The van der Waals surface area contributed by atoms with Crippen molar-refractivity contribution in [2.45, 2.75) is 31.1 Å². The van der Waals surface area contributed by atoms with E-state index in [0.29, 0.717) is 11.6 Å². The van der Waals surface area contributed by atoms with Crippen LogP contribution in [0.3, 0.4) is 0 Å². The molecule has 0 aromatic heterocycles. The molecule has 0 amide bonds. The first-order valence-electron chi connectivity index (χ1n) is 7.45. The molecule has 2 rings (SSSR count). The van der Waals surface area contributed by atoms with E-state index in [1.54, 1.807) is 18.2 Å². The van der Waals surface area contributed by atoms with E-state index < -0.39 is 10.0 Å². The molecule has 0 unspecified atom stereocenters. The number of hydrogen-bond donors (Lipinski definition) is 1. The first-order valence-corrected chi connectivity index (χ1v) is 9.31. The summed E-state index contributed by atoms with van der Waals surface area (Å²) in [6.07, 6.45) is 3.37. The highest BCUT2D eigenvalue weighted by molar-refractivity contribution is 7.89. The van der Waals surface area contributed by atoms with E-state index >= 15 is 0 Å². The molecule has 0 aliphatic carbocycles. The zero-order valence-corrected chi connectivity index (χ0v) is 14.0. The number of benzene rings is 1. The second kappa shape index (κ2) is 7.58. The van der Waals surface area contributed by atoms with Crippen LogP contribution in [0.25, 0.3) is 0 Å². The van der Waals surface area contributed by atoms with E-state index in [1.165, 1.54) is 18.9 Å². The van der Waals surface area contributed by atoms with Crippen molar-refractivity contribution in [1.29, 1.82) is 0 Å². The molecule has 4 nitrogen and oxygen atoms in total. The number of nitrogens with one attached hydrogen (secondary N) is 1. The molecule has 1 fully saturated rings. The Balaban J connectivity index is 1.77. The van der Waals surface area contributed by atoms with E-state index in [9.17, 15) is 8.42 Å². The van der Waals surface area contributed by atoms with Gasteiger partial charge < -0.3 is 4.90 Å². The second-order valence-corrected chi connectivity index (χ2v) is 7.96. The summed E-state index contributed by atoms with van der Waals surface area (Å²) < 4.78 is 26.8. The second-order valence-electron chi connectivity index (χ2n) is 5.76. The molecule has 0 bridgehead atoms. The highest BCUT2D eigenvalue weighted by atomic mass is 35.5. The Kier molecular flexibility index (Phi) is 6.05. The zero-order valence-electron chi connectivity index (χ0n) is 12.4. The Hall–Kier alpha value is -0.620. The highest BCUT2D eigenvalue weighted by Gasteiger charge is 2.17. The minimum Gasteiger partial charge on any atom is -0.303 e. The maximum Gasteiger partial charge on any atom is 0.240 e. The molecule has 1 heterocycles. The lowest BCUT2D eigenvalue weighted by molar-refractivity contribution is 0.182. The minimum atomic E-state index is -3.45. The summed E-state index contributed by atoms with van der Waals surface area (Å²) in [6.45, 7) is 5.93. The fourth-order valence-corrected chi connectivity index (χ4v) is 4.09. The molecule has 1 saturated heterocycles. The van der Waals surface area contributed by atoms with Crippen LogP contribution in [0.4, 0.5) is 0 Å². The van der Waals surface area contributed by atoms with Crippen LogP contribution >= 0.6 is 11.6 Å². The third-order valence-electron chi connectivity index (χ3n) is 3.79. The lowest BCUT2D eigenvalue weighted by Crippen LogP contribution is -2.36. The van der Waals surface area contributed by atoms with Crippen molar-refractivity contribution in [1.82, 2.24) is 9.62 Å². The lowest BCUT2D eigenvalue weighted by atomic mass is 10.0. The van der Waals surface area contributed by atoms with Crippen LogP contribution in [0.15, 0.2) is 29.2 Å². The Morgan fingerprint density at radius 3 is 2.95 bits per heavy atom. The van der Waals surface area contributed by atoms with E-state index in [-0.39, 0.29) is 4.90 Å². The predicted molar refractivity (Wildman–Crippen MR) is 86.1 cm³/mol. The van der Waals surface area contributed by atoms with Crippen LogP contribution < -0.4 is 4.72 Å². The number of hydrogen-bond acceptors (Lipinski definition) is 3. The van der Waals surface area contributed by atoms with Gasteiger partial charge >= 0.3 is 0 Å². The van der Waals surface area contributed by atoms with E-state index in [2.05, 4.69) is 16.5 Å². The number of sulfonamides is 1. The molecular weight excluding hydrogens is 308 g/mol. The van der Waals surface area contributed by atoms with Gasteiger partial charge in [0.2, 0.25) is 10.0 Å². The molecule has 0 radical (unpaired) electrons. The summed E-state index contributed by atoms with van der Waals surface area (Å²) in [5, 5.41) is 0.431. The van der Waals surface area contributed by atoms with E-state index in [0.717, 1.165) is 32.0 Å². The molecule has 1 aliphatic rings. The van der Waals surface area contributed by atoms with E-state index in [4.69, 9.17) is 11.6 Å².